The first-order valence-electron chi connectivity index (χ1n) is 6.23. The van der Waals surface area contributed by atoms with Crippen molar-refractivity contribution in [2.75, 3.05) is 12.8 Å². The zero-order valence-corrected chi connectivity index (χ0v) is 14.8. The number of anilines is 1. The second kappa shape index (κ2) is 7.42. The molecule has 0 unspecified atom stereocenters. The highest BCUT2D eigenvalue weighted by Crippen LogP contribution is 2.33. The van der Waals surface area contributed by atoms with E-state index >= 15 is 0 Å². The highest BCUT2D eigenvalue weighted by molar-refractivity contribution is 9.11. The van der Waals surface area contributed by atoms with Crippen LogP contribution in [0.1, 0.15) is 15.9 Å². The summed E-state index contributed by atoms with van der Waals surface area (Å²) in [5.74, 6) is 0.371. The van der Waals surface area contributed by atoms with Gasteiger partial charge < -0.3 is 10.5 Å². The molecule has 0 fully saturated rings. The molecule has 0 radical (unpaired) electrons. The third kappa shape index (κ3) is 4.08. The van der Waals surface area contributed by atoms with Crippen molar-refractivity contribution in [1.82, 2.24) is 5.43 Å². The number of nitrogens with zero attached hydrogens (tertiary/aromatic N) is 1. The fourth-order valence-electron chi connectivity index (χ4n) is 1.76. The van der Waals surface area contributed by atoms with Crippen LogP contribution in [-0.4, -0.2) is 19.2 Å². The summed E-state index contributed by atoms with van der Waals surface area (Å²) in [4.78, 5) is 11.9. The first kappa shape index (κ1) is 16.5. The normalized spacial score (nSPS) is 10.7. The lowest BCUT2D eigenvalue weighted by atomic mass is 10.2. The van der Waals surface area contributed by atoms with E-state index in [0.29, 0.717) is 17.0 Å². The minimum absolute atomic E-state index is 0.324. The molecule has 114 valence electrons. The summed E-state index contributed by atoms with van der Waals surface area (Å²) in [6.07, 6.45) is 1.54. The van der Waals surface area contributed by atoms with Crippen LogP contribution < -0.4 is 15.9 Å². The van der Waals surface area contributed by atoms with Crippen LogP contribution in [0.3, 0.4) is 0 Å². The average molecular weight is 427 g/mol. The van der Waals surface area contributed by atoms with Crippen molar-refractivity contribution in [3.05, 3.63) is 56.5 Å². The first-order valence-corrected chi connectivity index (χ1v) is 7.82. The molecule has 0 saturated heterocycles. The van der Waals surface area contributed by atoms with Crippen LogP contribution in [-0.2, 0) is 0 Å². The van der Waals surface area contributed by atoms with Gasteiger partial charge in [0.25, 0.3) is 5.91 Å². The molecular formula is C15H13Br2N3O2. The van der Waals surface area contributed by atoms with E-state index in [4.69, 9.17) is 10.5 Å². The predicted octanol–water partition coefficient (Wildman–Crippen LogP) is 3.57. The highest BCUT2D eigenvalue weighted by Gasteiger charge is 2.07. The molecule has 2 aromatic carbocycles. The summed E-state index contributed by atoms with van der Waals surface area (Å²) in [6.45, 7) is 0. The van der Waals surface area contributed by atoms with Gasteiger partial charge in [0.2, 0.25) is 0 Å². The smallest absolute Gasteiger partial charge is 0.271 e. The predicted molar refractivity (Wildman–Crippen MR) is 94.3 cm³/mol. The number of hydrogen-bond acceptors (Lipinski definition) is 4. The van der Waals surface area contributed by atoms with Gasteiger partial charge in [0, 0.05) is 11.3 Å². The van der Waals surface area contributed by atoms with Crippen LogP contribution in [0, 0.1) is 0 Å². The summed E-state index contributed by atoms with van der Waals surface area (Å²) in [6, 6.07) is 10.4. The molecule has 7 heteroatoms. The van der Waals surface area contributed by atoms with Crippen molar-refractivity contribution < 1.29 is 9.53 Å². The number of hydrogen-bond donors (Lipinski definition) is 2. The largest absolute Gasteiger partial charge is 0.494 e. The molecule has 0 aliphatic heterocycles. The molecule has 0 aliphatic rings. The number of carbonyl (C=O) groups excluding carboxylic acids is 1. The Hall–Kier alpha value is -1.86. The molecule has 0 aromatic heterocycles. The van der Waals surface area contributed by atoms with Gasteiger partial charge in [-0.2, -0.15) is 5.10 Å². The van der Waals surface area contributed by atoms with E-state index in [-0.39, 0.29) is 5.91 Å². The van der Waals surface area contributed by atoms with E-state index in [1.165, 1.54) is 0 Å². The van der Waals surface area contributed by atoms with Gasteiger partial charge in [-0.1, -0.05) is 6.07 Å². The maximum atomic E-state index is 11.9. The van der Waals surface area contributed by atoms with Gasteiger partial charge in [-0.3, -0.25) is 4.79 Å². The average Bonchev–Trinajstić information content (AvgIpc) is 2.47. The van der Waals surface area contributed by atoms with E-state index in [0.717, 1.165) is 14.5 Å². The number of amides is 1. The number of halogens is 2. The zero-order valence-electron chi connectivity index (χ0n) is 11.6. The molecule has 0 atom stereocenters. The van der Waals surface area contributed by atoms with Crippen LogP contribution in [0.25, 0.3) is 0 Å². The fourth-order valence-corrected chi connectivity index (χ4v) is 3.30. The minimum atomic E-state index is -0.324. The van der Waals surface area contributed by atoms with Crippen molar-refractivity contribution in [3.8, 4) is 5.75 Å². The molecule has 3 N–H and O–H groups in total. The molecule has 0 bridgehead atoms. The van der Waals surface area contributed by atoms with Crippen LogP contribution in [0.15, 0.2) is 50.4 Å². The Bertz CT molecular complexity index is 709. The number of nitrogen functional groups attached to an aromatic ring is 1. The Kier molecular flexibility index (Phi) is 5.57. The van der Waals surface area contributed by atoms with Crippen LogP contribution in [0.5, 0.6) is 5.75 Å². The van der Waals surface area contributed by atoms with Crippen molar-refractivity contribution >= 4 is 49.7 Å². The molecule has 0 aliphatic carbocycles. The number of nitrogens with one attached hydrogen (secondary N) is 1. The van der Waals surface area contributed by atoms with Gasteiger partial charge in [-0.25, -0.2) is 5.43 Å². The fraction of sp³-hybridized carbons (Fsp3) is 0.0667. The highest BCUT2D eigenvalue weighted by atomic mass is 79.9. The molecule has 0 saturated carbocycles. The van der Waals surface area contributed by atoms with Crippen LogP contribution in [0.4, 0.5) is 5.69 Å². The summed E-state index contributed by atoms with van der Waals surface area (Å²) in [7, 11) is 1.59. The Morgan fingerprint density at radius 3 is 2.55 bits per heavy atom. The van der Waals surface area contributed by atoms with E-state index < -0.39 is 0 Å². The van der Waals surface area contributed by atoms with Gasteiger partial charge in [-0.05, 0) is 67.8 Å². The number of methoxy groups -OCH3 is 1. The first-order chi connectivity index (χ1) is 10.5. The monoisotopic (exact) mass is 425 g/mol. The topological polar surface area (TPSA) is 76.7 Å². The Balaban J connectivity index is 2.08. The lowest BCUT2D eigenvalue weighted by molar-refractivity contribution is 0.0955. The number of rotatable bonds is 4. The minimum Gasteiger partial charge on any atom is -0.494 e. The lowest BCUT2D eigenvalue weighted by Gasteiger charge is -2.06. The number of carbonyl (C=O) groups is 1. The Labute approximate surface area is 144 Å². The summed E-state index contributed by atoms with van der Waals surface area (Å²) < 4.78 is 6.79. The van der Waals surface area contributed by atoms with Crippen LogP contribution in [0.2, 0.25) is 0 Å². The Morgan fingerprint density at radius 2 is 1.95 bits per heavy atom. The molecule has 2 rings (SSSR count). The standard InChI is InChI=1S/C15H13Br2N3O2/c1-22-14-12(16)5-9(6-13(14)17)8-19-20-15(21)10-3-2-4-11(18)7-10/h2-8H,18H2,1H3,(H,20,21)/b19-8-. The molecule has 5 nitrogen and oxygen atoms in total. The summed E-state index contributed by atoms with van der Waals surface area (Å²) >= 11 is 6.81. The number of benzene rings is 2. The third-order valence-corrected chi connectivity index (χ3v) is 3.93. The third-order valence-electron chi connectivity index (χ3n) is 2.75. The van der Waals surface area contributed by atoms with Crippen LogP contribution >= 0.6 is 31.9 Å². The number of nitrogens with two attached hydrogens (primary N) is 1. The van der Waals surface area contributed by atoms with Crippen molar-refractivity contribution in [2.45, 2.75) is 0 Å². The van der Waals surface area contributed by atoms with Gasteiger partial charge in [0.05, 0.1) is 22.3 Å². The molecule has 1 amide bonds. The second-order valence-corrected chi connectivity index (χ2v) is 6.05. The van der Waals surface area contributed by atoms with Gasteiger partial charge >= 0.3 is 0 Å². The number of hydrazone groups is 1. The van der Waals surface area contributed by atoms with Crippen molar-refractivity contribution in [2.24, 2.45) is 5.10 Å². The van der Waals surface area contributed by atoms with Gasteiger partial charge in [-0.15, -0.1) is 0 Å². The quantitative estimate of drug-likeness (QED) is 0.445. The molecule has 0 spiro atoms. The Morgan fingerprint density at radius 1 is 1.27 bits per heavy atom. The van der Waals surface area contributed by atoms with Crippen molar-refractivity contribution in [3.63, 3.8) is 0 Å². The van der Waals surface area contributed by atoms with Gasteiger partial charge in [0.1, 0.15) is 5.75 Å². The van der Waals surface area contributed by atoms with E-state index in [1.54, 1.807) is 37.6 Å². The summed E-state index contributed by atoms with van der Waals surface area (Å²) in [5.41, 5.74) is 9.87. The number of ether oxygens (including phenoxy) is 1. The maximum absolute atomic E-state index is 11.9. The van der Waals surface area contributed by atoms with E-state index in [2.05, 4.69) is 42.4 Å². The maximum Gasteiger partial charge on any atom is 0.271 e. The summed E-state index contributed by atoms with van der Waals surface area (Å²) in [5, 5.41) is 3.94. The molecule has 0 heterocycles. The SMILES string of the molecule is COc1c(Br)cc(/C=N\NC(=O)c2cccc(N)c2)cc1Br. The van der Waals surface area contributed by atoms with E-state index in [1.807, 2.05) is 12.1 Å². The van der Waals surface area contributed by atoms with E-state index in [9.17, 15) is 4.79 Å². The lowest BCUT2D eigenvalue weighted by Crippen LogP contribution is -2.17. The molecular weight excluding hydrogens is 414 g/mol. The molecule has 2 aromatic rings. The van der Waals surface area contributed by atoms with Gasteiger partial charge in [0.15, 0.2) is 0 Å². The molecule has 22 heavy (non-hydrogen) atoms. The second-order valence-electron chi connectivity index (χ2n) is 4.34. The zero-order chi connectivity index (χ0) is 16.1. The van der Waals surface area contributed by atoms with Crippen molar-refractivity contribution in [1.29, 1.82) is 0 Å².